The lowest BCUT2D eigenvalue weighted by atomic mass is 10.2. The van der Waals surface area contributed by atoms with E-state index in [0.717, 1.165) is 6.42 Å². The number of carbonyl (C=O) groups is 1. The van der Waals surface area contributed by atoms with Crippen molar-refractivity contribution in [1.82, 2.24) is 9.29 Å². The molecule has 1 aromatic rings. The molecule has 0 spiro atoms. The minimum absolute atomic E-state index is 0.0913. The monoisotopic (exact) mass is 303 g/mol. The van der Waals surface area contributed by atoms with Gasteiger partial charge in [0, 0.05) is 18.1 Å². The summed E-state index contributed by atoms with van der Waals surface area (Å²) in [6, 6.07) is -0.597. The number of hydrogen-bond donors (Lipinski definition) is 1. The molecular weight excluding hydrogens is 286 g/mol. The molecule has 2 rings (SSSR count). The lowest BCUT2D eigenvalue weighted by molar-refractivity contribution is -0.119. The van der Waals surface area contributed by atoms with Gasteiger partial charge in [-0.05, 0) is 19.3 Å². The van der Waals surface area contributed by atoms with E-state index < -0.39 is 16.1 Å². The lowest BCUT2D eigenvalue weighted by Gasteiger charge is -2.22. The van der Waals surface area contributed by atoms with E-state index >= 15 is 0 Å². The van der Waals surface area contributed by atoms with Gasteiger partial charge >= 0.3 is 0 Å². The third-order valence-electron chi connectivity index (χ3n) is 2.99. The number of nitrogens with zero attached hydrogens (tertiary/aromatic N) is 2. The van der Waals surface area contributed by atoms with E-state index in [1.807, 2.05) is 6.92 Å². The number of thiazole rings is 1. The van der Waals surface area contributed by atoms with Crippen LogP contribution in [-0.4, -0.2) is 42.0 Å². The average Bonchev–Trinajstić information content (AvgIpc) is 2.98. The van der Waals surface area contributed by atoms with E-state index in [1.165, 1.54) is 15.6 Å². The number of aromatic nitrogens is 1. The standard InChI is InChI=1S/C11H17N3O3S2/c1-2-8-19(16,17)14-6-3-4-9(14)10(15)13-11-12-5-7-18-11/h5,7,9H,2-4,6,8H2,1H3,(H,12,13,15). The minimum atomic E-state index is -3.33. The fraction of sp³-hybridized carbons (Fsp3) is 0.636. The molecule has 1 N–H and O–H groups in total. The van der Waals surface area contributed by atoms with Gasteiger partial charge in [0.1, 0.15) is 6.04 Å². The quantitative estimate of drug-likeness (QED) is 0.889. The molecule has 0 aliphatic carbocycles. The number of sulfonamides is 1. The molecule has 19 heavy (non-hydrogen) atoms. The van der Waals surface area contributed by atoms with Gasteiger partial charge in [-0.1, -0.05) is 6.92 Å². The largest absolute Gasteiger partial charge is 0.301 e. The van der Waals surface area contributed by atoms with Gasteiger partial charge < -0.3 is 5.32 Å². The number of rotatable bonds is 5. The molecule has 106 valence electrons. The van der Waals surface area contributed by atoms with Gasteiger partial charge in [0.2, 0.25) is 15.9 Å². The van der Waals surface area contributed by atoms with Crippen LogP contribution >= 0.6 is 11.3 Å². The van der Waals surface area contributed by atoms with E-state index in [9.17, 15) is 13.2 Å². The Labute approximate surface area is 116 Å². The highest BCUT2D eigenvalue weighted by atomic mass is 32.2. The highest BCUT2D eigenvalue weighted by Crippen LogP contribution is 2.23. The Hall–Kier alpha value is -0.990. The Morgan fingerprint density at radius 2 is 2.42 bits per heavy atom. The Bertz CT molecular complexity index is 527. The molecule has 1 amide bonds. The number of anilines is 1. The first kappa shape index (κ1) is 14.4. The highest BCUT2D eigenvalue weighted by molar-refractivity contribution is 7.89. The van der Waals surface area contributed by atoms with Crippen molar-refractivity contribution in [1.29, 1.82) is 0 Å². The Morgan fingerprint density at radius 3 is 3.05 bits per heavy atom. The molecule has 0 saturated carbocycles. The SMILES string of the molecule is CCCS(=O)(=O)N1CCCC1C(=O)Nc1nccs1. The summed E-state index contributed by atoms with van der Waals surface area (Å²) in [4.78, 5) is 16.1. The maximum Gasteiger partial charge on any atom is 0.244 e. The molecule has 8 heteroatoms. The first-order valence-corrected chi connectivity index (χ1v) is 8.73. The molecular formula is C11H17N3O3S2. The molecule has 6 nitrogen and oxygen atoms in total. The second kappa shape index (κ2) is 5.98. The van der Waals surface area contributed by atoms with Crippen molar-refractivity contribution in [3.8, 4) is 0 Å². The van der Waals surface area contributed by atoms with Crippen LogP contribution < -0.4 is 5.32 Å². The van der Waals surface area contributed by atoms with Crippen LogP contribution in [-0.2, 0) is 14.8 Å². The van der Waals surface area contributed by atoms with E-state index in [4.69, 9.17) is 0 Å². The van der Waals surface area contributed by atoms with Gasteiger partial charge in [-0.2, -0.15) is 4.31 Å². The minimum Gasteiger partial charge on any atom is -0.301 e. The number of hydrogen-bond acceptors (Lipinski definition) is 5. The predicted molar refractivity (Wildman–Crippen MR) is 74.5 cm³/mol. The second-order valence-corrected chi connectivity index (χ2v) is 7.35. The summed E-state index contributed by atoms with van der Waals surface area (Å²) < 4.78 is 25.5. The van der Waals surface area contributed by atoms with Crippen molar-refractivity contribution in [2.24, 2.45) is 0 Å². The summed E-state index contributed by atoms with van der Waals surface area (Å²) in [6.45, 7) is 2.25. The number of amides is 1. The lowest BCUT2D eigenvalue weighted by Crippen LogP contribution is -2.43. The van der Waals surface area contributed by atoms with E-state index in [2.05, 4.69) is 10.3 Å². The fourth-order valence-corrected chi connectivity index (χ4v) is 4.46. The first-order valence-electron chi connectivity index (χ1n) is 6.24. The Kier molecular flexibility index (Phi) is 4.54. The molecule has 0 aromatic carbocycles. The van der Waals surface area contributed by atoms with Gasteiger partial charge in [-0.3, -0.25) is 4.79 Å². The van der Waals surface area contributed by atoms with Crippen LogP contribution in [0.15, 0.2) is 11.6 Å². The van der Waals surface area contributed by atoms with Crippen molar-refractivity contribution in [2.45, 2.75) is 32.2 Å². The number of carbonyl (C=O) groups excluding carboxylic acids is 1. The van der Waals surface area contributed by atoms with Crippen LogP contribution in [0.5, 0.6) is 0 Å². The topological polar surface area (TPSA) is 79.4 Å². The molecule has 2 heterocycles. The molecule has 0 radical (unpaired) electrons. The summed E-state index contributed by atoms with van der Waals surface area (Å²) in [5, 5.41) is 4.93. The molecule has 1 aliphatic heterocycles. The molecule has 1 aromatic heterocycles. The molecule has 1 aliphatic rings. The van der Waals surface area contributed by atoms with Gasteiger partial charge in [0.15, 0.2) is 5.13 Å². The average molecular weight is 303 g/mol. The molecule has 1 unspecified atom stereocenters. The first-order chi connectivity index (χ1) is 9.04. The predicted octanol–water partition coefficient (Wildman–Crippen LogP) is 1.29. The second-order valence-electron chi connectivity index (χ2n) is 4.41. The van der Waals surface area contributed by atoms with Gasteiger partial charge in [-0.25, -0.2) is 13.4 Å². The van der Waals surface area contributed by atoms with Crippen molar-refractivity contribution in [2.75, 3.05) is 17.6 Å². The van der Waals surface area contributed by atoms with Crippen LogP contribution in [0, 0.1) is 0 Å². The maximum atomic E-state index is 12.1. The third-order valence-corrected chi connectivity index (χ3v) is 5.75. The van der Waals surface area contributed by atoms with E-state index in [1.54, 1.807) is 11.6 Å². The van der Waals surface area contributed by atoms with Crippen molar-refractivity contribution in [3.63, 3.8) is 0 Å². The summed E-state index contributed by atoms with van der Waals surface area (Å²) in [6.07, 6.45) is 3.44. The van der Waals surface area contributed by atoms with Gasteiger partial charge in [0.05, 0.1) is 5.75 Å². The zero-order chi connectivity index (χ0) is 13.9. The Balaban J connectivity index is 2.08. The van der Waals surface area contributed by atoms with Crippen LogP contribution in [0.4, 0.5) is 5.13 Å². The molecule has 1 atom stereocenters. The molecule has 0 bridgehead atoms. The summed E-state index contributed by atoms with van der Waals surface area (Å²) in [5.74, 6) is -0.194. The molecule has 1 saturated heterocycles. The van der Waals surface area contributed by atoms with Crippen molar-refractivity contribution in [3.05, 3.63) is 11.6 Å². The summed E-state index contributed by atoms with van der Waals surface area (Å²) >= 11 is 1.32. The highest BCUT2D eigenvalue weighted by Gasteiger charge is 2.38. The van der Waals surface area contributed by atoms with Crippen LogP contribution in [0.1, 0.15) is 26.2 Å². The maximum absolute atomic E-state index is 12.1. The van der Waals surface area contributed by atoms with Crippen LogP contribution in [0.25, 0.3) is 0 Å². The third kappa shape index (κ3) is 3.31. The van der Waals surface area contributed by atoms with Gasteiger partial charge in [-0.15, -0.1) is 11.3 Å². The zero-order valence-electron chi connectivity index (χ0n) is 10.7. The molecule has 1 fully saturated rings. The van der Waals surface area contributed by atoms with E-state index in [-0.39, 0.29) is 11.7 Å². The number of nitrogens with one attached hydrogen (secondary N) is 1. The van der Waals surface area contributed by atoms with E-state index in [0.29, 0.717) is 24.5 Å². The van der Waals surface area contributed by atoms with Crippen molar-refractivity contribution >= 4 is 32.4 Å². The Morgan fingerprint density at radius 1 is 1.63 bits per heavy atom. The van der Waals surface area contributed by atoms with Crippen molar-refractivity contribution < 1.29 is 13.2 Å². The van der Waals surface area contributed by atoms with Gasteiger partial charge in [0.25, 0.3) is 0 Å². The summed E-state index contributed by atoms with van der Waals surface area (Å²) in [5.41, 5.74) is 0. The smallest absolute Gasteiger partial charge is 0.244 e. The van der Waals surface area contributed by atoms with Crippen LogP contribution in [0.2, 0.25) is 0 Å². The van der Waals surface area contributed by atoms with Crippen LogP contribution in [0.3, 0.4) is 0 Å². The summed E-state index contributed by atoms with van der Waals surface area (Å²) in [7, 11) is -3.33. The normalized spacial score (nSPS) is 20.6. The fourth-order valence-electron chi connectivity index (χ4n) is 2.18. The zero-order valence-corrected chi connectivity index (χ0v) is 12.3.